The number of sulfonamides is 1. The van der Waals surface area contributed by atoms with Gasteiger partial charge in [0.15, 0.2) is 0 Å². The van der Waals surface area contributed by atoms with Crippen LogP contribution in [-0.2, 0) is 10.0 Å². The number of nitrogens with zero attached hydrogens (tertiary/aromatic N) is 2. The molecule has 1 aliphatic heterocycles. The third-order valence-electron chi connectivity index (χ3n) is 7.64. The summed E-state index contributed by atoms with van der Waals surface area (Å²) in [5, 5.41) is 0. The molecule has 0 amide bonds. The fourth-order valence-electron chi connectivity index (χ4n) is 5.40. The van der Waals surface area contributed by atoms with Crippen LogP contribution in [0.5, 0.6) is 0 Å². The van der Waals surface area contributed by atoms with Crippen molar-refractivity contribution in [2.24, 2.45) is 0 Å². The highest BCUT2D eigenvalue weighted by Gasteiger charge is 2.29. The van der Waals surface area contributed by atoms with Crippen LogP contribution in [0.4, 0.5) is 4.39 Å². The van der Waals surface area contributed by atoms with Crippen LogP contribution < -0.4 is 4.72 Å². The molecule has 6 nitrogen and oxygen atoms in total. The molecule has 9 heteroatoms. The third kappa shape index (κ3) is 6.36. The molecule has 4 aromatic rings. The van der Waals surface area contributed by atoms with Gasteiger partial charge in [0.05, 0.1) is 4.90 Å². The molecule has 40 heavy (non-hydrogen) atoms. The second kappa shape index (κ2) is 12.9. The first kappa shape index (κ1) is 29.7. The van der Waals surface area contributed by atoms with E-state index in [0.29, 0.717) is 0 Å². The largest absolute Gasteiger partial charge is 0.366 e. The Morgan fingerprint density at radius 2 is 1.70 bits per heavy atom. The Morgan fingerprint density at radius 1 is 1.02 bits per heavy atom. The van der Waals surface area contributed by atoms with Gasteiger partial charge in [0, 0.05) is 55.0 Å². The van der Waals surface area contributed by atoms with Gasteiger partial charge in [-0.25, -0.2) is 17.5 Å². The molecule has 2 aromatic carbocycles. The minimum Gasteiger partial charge on any atom is -0.366 e. The monoisotopic (exact) mass is 580 g/mol. The zero-order valence-electron chi connectivity index (χ0n) is 22.5. The van der Waals surface area contributed by atoms with Crippen molar-refractivity contribution in [2.75, 3.05) is 20.1 Å². The molecule has 0 saturated heterocycles. The number of halogens is 2. The number of aromatic amines is 1. The quantitative estimate of drug-likeness (QED) is 0.235. The Kier molecular flexibility index (Phi) is 9.58. The summed E-state index contributed by atoms with van der Waals surface area (Å²) in [6.07, 6.45) is 11.7. The Balaban J connectivity index is 0.00000370. The molecule has 0 fully saturated rings. The van der Waals surface area contributed by atoms with E-state index in [1.54, 1.807) is 24.5 Å². The van der Waals surface area contributed by atoms with Crippen LogP contribution in [-0.4, -0.2) is 43.4 Å². The second-order valence-corrected chi connectivity index (χ2v) is 11.7. The summed E-state index contributed by atoms with van der Waals surface area (Å²) in [4.78, 5) is 10.1. The van der Waals surface area contributed by atoms with Crippen molar-refractivity contribution >= 4 is 28.0 Å². The predicted molar refractivity (Wildman–Crippen MR) is 160 cm³/mol. The van der Waals surface area contributed by atoms with Gasteiger partial charge in [-0.05, 0) is 84.5 Å². The molecule has 210 valence electrons. The molecule has 1 aliphatic rings. The molecule has 0 spiro atoms. The normalized spacial score (nSPS) is 16.7. The number of hydrogen-bond donors (Lipinski definition) is 2. The Hall–Kier alpha value is -3.30. The highest BCUT2D eigenvalue weighted by Crippen LogP contribution is 2.40. The lowest BCUT2D eigenvalue weighted by Gasteiger charge is -2.38. The van der Waals surface area contributed by atoms with Gasteiger partial charge in [-0.15, -0.1) is 12.4 Å². The van der Waals surface area contributed by atoms with E-state index in [1.807, 2.05) is 42.6 Å². The third-order valence-corrected chi connectivity index (χ3v) is 9.07. The van der Waals surface area contributed by atoms with Gasteiger partial charge in [-0.3, -0.25) is 9.88 Å². The summed E-state index contributed by atoms with van der Waals surface area (Å²) < 4.78 is 40.6. The van der Waals surface area contributed by atoms with Gasteiger partial charge in [0.1, 0.15) is 5.82 Å². The van der Waals surface area contributed by atoms with Crippen molar-refractivity contribution in [3.05, 3.63) is 114 Å². The molecule has 2 unspecified atom stereocenters. The zero-order valence-corrected chi connectivity index (χ0v) is 24.2. The fraction of sp³-hybridized carbons (Fsp3) is 0.258. The highest BCUT2D eigenvalue weighted by atomic mass is 35.5. The fourth-order valence-corrected chi connectivity index (χ4v) is 6.13. The number of benzene rings is 2. The number of pyridine rings is 1. The SMILES string of the molecule is CCC(CN1CC=C(c2c[nH]cc2-c2ccncc2)CC1c1ccc(F)cc1)c1ccc(S(=O)(=O)NC)cc1.Cl. The highest BCUT2D eigenvalue weighted by molar-refractivity contribution is 7.89. The van der Waals surface area contributed by atoms with E-state index in [1.165, 1.54) is 30.3 Å². The molecule has 0 bridgehead atoms. The van der Waals surface area contributed by atoms with Crippen molar-refractivity contribution in [3.63, 3.8) is 0 Å². The standard InChI is InChI=1S/C31H33FN4O2S.ClH/c1-3-22(23-6-10-28(11-7-23)39(37,38)33-2)21-36-17-14-26(18-31(36)25-4-8-27(32)9-5-25)30-20-35-19-29(30)24-12-15-34-16-13-24;/h4-16,19-20,22,31,33,35H,3,17-18,21H2,1-2H3;1H. The molecule has 0 aliphatic carbocycles. The molecular weight excluding hydrogens is 547 g/mol. The number of rotatable bonds is 9. The van der Waals surface area contributed by atoms with Crippen LogP contribution in [0, 0.1) is 5.82 Å². The molecule has 2 aromatic heterocycles. The minimum absolute atomic E-state index is 0. The van der Waals surface area contributed by atoms with E-state index in [0.717, 1.165) is 48.2 Å². The smallest absolute Gasteiger partial charge is 0.240 e. The Bertz CT molecular complexity index is 1540. The van der Waals surface area contributed by atoms with Crippen LogP contribution in [0.3, 0.4) is 0 Å². The summed E-state index contributed by atoms with van der Waals surface area (Å²) in [5.41, 5.74) is 6.85. The van der Waals surface area contributed by atoms with E-state index in [4.69, 9.17) is 0 Å². The van der Waals surface area contributed by atoms with Gasteiger partial charge >= 0.3 is 0 Å². The van der Waals surface area contributed by atoms with Gasteiger partial charge in [-0.2, -0.15) is 0 Å². The van der Waals surface area contributed by atoms with Crippen molar-refractivity contribution in [1.82, 2.24) is 19.6 Å². The van der Waals surface area contributed by atoms with Crippen LogP contribution in [0.1, 0.15) is 48.4 Å². The number of hydrogen-bond acceptors (Lipinski definition) is 4. The first-order chi connectivity index (χ1) is 18.9. The van der Waals surface area contributed by atoms with Crippen molar-refractivity contribution in [1.29, 1.82) is 0 Å². The average molecular weight is 581 g/mol. The molecule has 2 N–H and O–H groups in total. The first-order valence-electron chi connectivity index (χ1n) is 13.2. The van der Waals surface area contributed by atoms with Crippen LogP contribution >= 0.6 is 12.4 Å². The average Bonchev–Trinajstić information content (AvgIpc) is 3.47. The molecule has 5 rings (SSSR count). The van der Waals surface area contributed by atoms with Gasteiger partial charge in [-0.1, -0.05) is 37.3 Å². The van der Waals surface area contributed by atoms with Gasteiger partial charge in [0.25, 0.3) is 0 Å². The Morgan fingerprint density at radius 3 is 2.35 bits per heavy atom. The minimum atomic E-state index is -3.48. The molecule has 3 heterocycles. The molecule has 2 atom stereocenters. The number of nitrogens with one attached hydrogen (secondary N) is 2. The van der Waals surface area contributed by atoms with E-state index < -0.39 is 10.0 Å². The van der Waals surface area contributed by atoms with E-state index in [-0.39, 0.29) is 35.1 Å². The summed E-state index contributed by atoms with van der Waals surface area (Å²) in [7, 11) is -2.06. The predicted octanol–water partition coefficient (Wildman–Crippen LogP) is 6.57. The summed E-state index contributed by atoms with van der Waals surface area (Å²) in [5.74, 6) is -0.0283. The lowest BCUT2D eigenvalue weighted by molar-refractivity contribution is 0.198. The lowest BCUT2D eigenvalue weighted by Crippen LogP contribution is -2.35. The zero-order chi connectivity index (χ0) is 27.4. The van der Waals surface area contributed by atoms with Gasteiger partial charge in [0.2, 0.25) is 10.0 Å². The summed E-state index contributed by atoms with van der Waals surface area (Å²) >= 11 is 0. The summed E-state index contributed by atoms with van der Waals surface area (Å²) in [6.45, 7) is 3.70. The Labute approximate surface area is 241 Å². The van der Waals surface area contributed by atoms with Crippen LogP contribution in [0.2, 0.25) is 0 Å². The van der Waals surface area contributed by atoms with Crippen molar-refractivity contribution in [2.45, 2.75) is 36.6 Å². The maximum atomic E-state index is 13.8. The lowest BCUT2D eigenvalue weighted by atomic mass is 9.87. The van der Waals surface area contributed by atoms with Crippen molar-refractivity contribution < 1.29 is 12.8 Å². The maximum Gasteiger partial charge on any atom is 0.240 e. The van der Waals surface area contributed by atoms with Crippen molar-refractivity contribution in [3.8, 4) is 11.1 Å². The number of aromatic nitrogens is 2. The molecule has 0 saturated carbocycles. The van der Waals surface area contributed by atoms with Crippen LogP contribution in [0.15, 0.2) is 96.4 Å². The summed E-state index contributed by atoms with van der Waals surface area (Å²) in [6, 6.07) is 18.1. The van der Waals surface area contributed by atoms with E-state index in [9.17, 15) is 12.8 Å². The molecule has 0 radical (unpaired) electrons. The number of H-pyrrole nitrogens is 1. The maximum absolute atomic E-state index is 13.8. The molecular formula is C31H34ClFN4O2S. The topological polar surface area (TPSA) is 78.1 Å². The first-order valence-corrected chi connectivity index (χ1v) is 14.7. The van der Waals surface area contributed by atoms with Gasteiger partial charge < -0.3 is 4.98 Å². The van der Waals surface area contributed by atoms with E-state index >= 15 is 0 Å². The van der Waals surface area contributed by atoms with Crippen LogP contribution in [0.25, 0.3) is 16.7 Å². The second-order valence-electron chi connectivity index (χ2n) is 9.86. The van der Waals surface area contributed by atoms with E-state index in [2.05, 4.69) is 38.8 Å².